The summed E-state index contributed by atoms with van der Waals surface area (Å²) < 4.78 is 2.33. The normalized spacial score (nSPS) is 21.9. The SMILES string of the molecule is O=CC1CCCN(SCc2ccccc2)C1. The van der Waals surface area contributed by atoms with Gasteiger partial charge in [-0.05, 0) is 18.4 Å². The van der Waals surface area contributed by atoms with Gasteiger partial charge in [-0.3, -0.25) is 0 Å². The van der Waals surface area contributed by atoms with Crippen molar-refractivity contribution >= 4 is 18.2 Å². The molecule has 1 unspecified atom stereocenters. The Labute approximate surface area is 101 Å². The molecule has 86 valence electrons. The molecule has 1 aromatic carbocycles. The summed E-state index contributed by atoms with van der Waals surface area (Å²) in [5, 5.41) is 0. The molecular formula is C13H17NOS. The standard InChI is InChI=1S/C13H17NOS/c15-10-13-7-4-8-14(9-13)16-11-12-5-2-1-3-6-12/h1-3,5-6,10,13H,4,7-9,11H2. The Morgan fingerprint density at radius 1 is 1.38 bits per heavy atom. The highest BCUT2D eigenvalue weighted by Gasteiger charge is 2.19. The molecule has 2 nitrogen and oxygen atoms in total. The molecule has 1 aromatic rings. The van der Waals surface area contributed by atoms with Crippen molar-refractivity contribution in [3.63, 3.8) is 0 Å². The Bertz CT molecular complexity index is 328. The van der Waals surface area contributed by atoms with E-state index in [-0.39, 0.29) is 5.92 Å². The maximum absolute atomic E-state index is 10.7. The largest absolute Gasteiger partial charge is 0.303 e. The van der Waals surface area contributed by atoms with Gasteiger partial charge in [0.05, 0.1) is 0 Å². The van der Waals surface area contributed by atoms with Gasteiger partial charge in [-0.2, -0.15) is 0 Å². The van der Waals surface area contributed by atoms with Gasteiger partial charge in [0.1, 0.15) is 6.29 Å². The van der Waals surface area contributed by atoms with Crippen molar-refractivity contribution in [2.45, 2.75) is 18.6 Å². The number of nitrogens with zero attached hydrogens (tertiary/aromatic N) is 1. The molecule has 1 atom stereocenters. The van der Waals surface area contributed by atoms with Gasteiger partial charge in [-0.1, -0.05) is 42.3 Å². The molecule has 1 aliphatic rings. The van der Waals surface area contributed by atoms with Crippen LogP contribution in [-0.4, -0.2) is 23.7 Å². The second-order valence-electron chi connectivity index (χ2n) is 4.19. The van der Waals surface area contributed by atoms with Crippen molar-refractivity contribution in [1.29, 1.82) is 0 Å². The lowest BCUT2D eigenvalue weighted by atomic mass is 10.0. The van der Waals surface area contributed by atoms with Crippen LogP contribution in [0, 0.1) is 5.92 Å². The topological polar surface area (TPSA) is 20.3 Å². The van der Waals surface area contributed by atoms with E-state index in [0.717, 1.165) is 38.0 Å². The lowest BCUT2D eigenvalue weighted by molar-refractivity contribution is -0.111. The quantitative estimate of drug-likeness (QED) is 0.591. The van der Waals surface area contributed by atoms with E-state index in [1.807, 2.05) is 18.0 Å². The lowest BCUT2D eigenvalue weighted by Gasteiger charge is -2.28. The summed E-state index contributed by atoms with van der Waals surface area (Å²) in [4.78, 5) is 10.7. The fourth-order valence-electron chi connectivity index (χ4n) is 1.94. The van der Waals surface area contributed by atoms with Gasteiger partial charge in [0.25, 0.3) is 0 Å². The van der Waals surface area contributed by atoms with Gasteiger partial charge in [0.15, 0.2) is 0 Å². The predicted molar refractivity (Wildman–Crippen MR) is 68.1 cm³/mol. The van der Waals surface area contributed by atoms with Crippen molar-refractivity contribution in [2.24, 2.45) is 5.92 Å². The Morgan fingerprint density at radius 2 is 2.19 bits per heavy atom. The Hall–Kier alpha value is -0.800. The Morgan fingerprint density at radius 3 is 2.94 bits per heavy atom. The van der Waals surface area contributed by atoms with Crippen LogP contribution in [0.3, 0.4) is 0 Å². The molecule has 2 rings (SSSR count). The summed E-state index contributed by atoms with van der Waals surface area (Å²) in [7, 11) is 0. The van der Waals surface area contributed by atoms with Crippen LogP contribution in [0.1, 0.15) is 18.4 Å². The third kappa shape index (κ3) is 3.35. The maximum atomic E-state index is 10.7. The molecule has 0 saturated carbocycles. The molecule has 16 heavy (non-hydrogen) atoms. The van der Waals surface area contributed by atoms with E-state index in [9.17, 15) is 4.79 Å². The zero-order valence-electron chi connectivity index (χ0n) is 9.34. The summed E-state index contributed by atoms with van der Waals surface area (Å²) in [6.45, 7) is 2.03. The first kappa shape index (κ1) is 11.7. The molecule has 0 bridgehead atoms. The summed E-state index contributed by atoms with van der Waals surface area (Å²) in [6.07, 6.45) is 3.31. The number of piperidine rings is 1. The molecule has 1 saturated heterocycles. The van der Waals surface area contributed by atoms with E-state index in [1.165, 1.54) is 5.56 Å². The monoisotopic (exact) mass is 235 g/mol. The zero-order valence-corrected chi connectivity index (χ0v) is 10.2. The molecule has 1 aliphatic heterocycles. The van der Waals surface area contributed by atoms with Gasteiger partial charge >= 0.3 is 0 Å². The van der Waals surface area contributed by atoms with Crippen molar-refractivity contribution in [3.05, 3.63) is 35.9 Å². The third-order valence-corrected chi connectivity index (χ3v) is 4.03. The molecule has 0 aliphatic carbocycles. The van der Waals surface area contributed by atoms with Gasteiger partial charge in [0.2, 0.25) is 0 Å². The van der Waals surface area contributed by atoms with Crippen LogP contribution in [0.5, 0.6) is 0 Å². The number of benzene rings is 1. The minimum absolute atomic E-state index is 0.247. The van der Waals surface area contributed by atoms with E-state index in [4.69, 9.17) is 0 Å². The molecule has 0 amide bonds. The van der Waals surface area contributed by atoms with Crippen molar-refractivity contribution in [1.82, 2.24) is 4.31 Å². The van der Waals surface area contributed by atoms with E-state index >= 15 is 0 Å². The molecule has 1 fully saturated rings. The van der Waals surface area contributed by atoms with Gasteiger partial charge in [0, 0.05) is 24.8 Å². The predicted octanol–water partition coefficient (Wildman–Crippen LogP) is 2.75. The van der Waals surface area contributed by atoms with Crippen LogP contribution in [0.25, 0.3) is 0 Å². The molecular weight excluding hydrogens is 218 g/mol. The minimum atomic E-state index is 0.247. The van der Waals surface area contributed by atoms with Crippen LogP contribution in [-0.2, 0) is 10.5 Å². The molecule has 1 heterocycles. The van der Waals surface area contributed by atoms with E-state index in [0.29, 0.717) is 0 Å². The number of carbonyl (C=O) groups is 1. The molecule has 3 heteroatoms. The number of aldehydes is 1. The average Bonchev–Trinajstić information content (AvgIpc) is 2.38. The molecule has 0 radical (unpaired) electrons. The average molecular weight is 235 g/mol. The van der Waals surface area contributed by atoms with E-state index in [1.54, 1.807) is 0 Å². The van der Waals surface area contributed by atoms with Gasteiger partial charge < -0.3 is 4.79 Å². The Balaban J connectivity index is 1.79. The zero-order chi connectivity index (χ0) is 11.2. The van der Waals surface area contributed by atoms with Crippen LogP contribution >= 0.6 is 11.9 Å². The fraction of sp³-hybridized carbons (Fsp3) is 0.462. The maximum Gasteiger partial charge on any atom is 0.124 e. The highest BCUT2D eigenvalue weighted by atomic mass is 32.2. The Kier molecular flexibility index (Phi) is 4.43. The first-order valence-electron chi connectivity index (χ1n) is 5.75. The first-order chi connectivity index (χ1) is 7.88. The number of hydrogen-bond donors (Lipinski definition) is 0. The number of hydrogen-bond acceptors (Lipinski definition) is 3. The van der Waals surface area contributed by atoms with E-state index < -0.39 is 0 Å². The van der Waals surface area contributed by atoms with Crippen LogP contribution in [0.4, 0.5) is 0 Å². The molecule has 0 spiro atoms. The fourth-order valence-corrected chi connectivity index (χ4v) is 3.02. The first-order valence-corrected chi connectivity index (χ1v) is 6.70. The summed E-state index contributed by atoms with van der Waals surface area (Å²) in [5.74, 6) is 1.25. The highest BCUT2D eigenvalue weighted by Crippen LogP contribution is 2.24. The van der Waals surface area contributed by atoms with Crippen molar-refractivity contribution < 1.29 is 4.79 Å². The van der Waals surface area contributed by atoms with Crippen LogP contribution in [0.15, 0.2) is 30.3 Å². The lowest BCUT2D eigenvalue weighted by Crippen LogP contribution is -2.31. The van der Waals surface area contributed by atoms with Crippen molar-refractivity contribution in [3.8, 4) is 0 Å². The second-order valence-corrected chi connectivity index (χ2v) is 5.25. The number of rotatable bonds is 4. The second kappa shape index (κ2) is 6.06. The van der Waals surface area contributed by atoms with Gasteiger partial charge in [-0.15, -0.1) is 0 Å². The van der Waals surface area contributed by atoms with Crippen LogP contribution in [0.2, 0.25) is 0 Å². The summed E-state index contributed by atoms with van der Waals surface area (Å²) in [5.41, 5.74) is 1.35. The third-order valence-electron chi connectivity index (χ3n) is 2.87. The molecule has 0 N–H and O–H groups in total. The highest BCUT2D eigenvalue weighted by molar-refractivity contribution is 7.96. The molecule has 0 aromatic heterocycles. The number of carbonyl (C=O) groups excluding carboxylic acids is 1. The smallest absolute Gasteiger partial charge is 0.124 e. The van der Waals surface area contributed by atoms with Crippen molar-refractivity contribution in [2.75, 3.05) is 13.1 Å². The van der Waals surface area contributed by atoms with E-state index in [2.05, 4.69) is 28.6 Å². The van der Waals surface area contributed by atoms with Gasteiger partial charge in [-0.25, -0.2) is 4.31 Å². The summed E-state index contributed by atoms with van der Waals surface area (Å²) >= 11 is 1.84. The minimum Gasteiger partial charge on any atom is -0.303 e. The summed E-state index contributed by atoms with van der Waals surface area (Å²) in [6, 6.07) is 10.5. The van der Waals surface area contributed by atoms with Crippen LogP contribution < -0.4 is 0 Å².